The number of amides is 1. The number of nitrogens with zero attached hydrogens (tertiary/aromatic N) is 1. The average Bonchev–Trinajstić information content (AvgIpc) is 2.67. The SMILES string of the molecule is O=C(CSc1nc(CSc2ccccc2)cc(=O)[nH]1)Nc1ccccc1F. The number of carbonyl (C=O) groups is 1. The van der Waals surface area contributed by atoms with Gasteiger partial charge in [-0.2, -0.15) is 0 Å². The van der Waals surface area contributed by atoms with Crippen LogP contribution in [0.1, 0.15) is 5.69 Å². The molecule has 1 amide bonds. The molecule has 0 aliphatic heterocycles. The number of hydrogen-bond acceptors (Lipinski definition) is 5. The number of carbonyl (C=O) groups excluding carboxylic acids is 1. The Labute approximate surface area is 163 Å². The van der Waals surface area contributed by atoms with E-state index in [1.807, 2.05) is 30.3 Å². The van der Waals surface area contributed by atoms with Gasteiger partial charge >= 0.3 is 0 Å². The minimum absolute atomic E-state index is 0.00650. The first-order valence-electron chi connectivity index (χ1n) is 8.05. The number of aromatic nitrogens is 2. The summed E-state index contributed by atoms with van der Waals surface area (Å²) in [6.07, 6.45) is 0. The second kappa shape index (κ2) is 9.38. The number of aromatic amines is 1. The van der Waals surface area contributed by atoms with Gasteiger partial charge in [0.1, 0.15) is 5.82 Å². The highest BCUT2D eigenvalue weighted by molar-refractivity contribution is 7.99. The molecule has 0 radical (unpaired) electrons. The van der Waals surface area contributed by atoms with Crippen molar-refractivity contribution < 1.29 is 9.18 Å². The molecule has 1 heterocycles. The molecule has 27 heavy (non-hydrogen) atoms. The van der Waals surface area contributed by atoms with Gasteiger partial charge in [0.05, 0.1) is 17.1 Å². The van der Waals surface area contributed by atoms with Gasteiger partial charge in [-0.1, -0.05) is 42.1 Å². The van der Waals surface area contributed by atoms with Crippen LogP contribution in [0.5, 0.6) is 0 Å². The van der Waals surface area contributed by atoms with Crippen LogP contribution in [-0.4, -0.2) is 21.6 Å². The van der Waals surface area contributed by atoms with Crippen LogP contribution in [0.3, 0.4) is 0 Å². The topological polar surface area (TPSA) is 74.8 Å². The fourth-order valence-corrected chi connectivity index (χ4v) is 3.69. The van der Waals surface area contributed by atoms with Gasteiger partial charge in [0, 0.05) is 16.7 Å². The number of hydrogen-bond donors (Lipinski definition) is 2. The molecule has 3 aromatic rings. The minimum atomic E-state index is -0.498. The zero-order chi connectivity index (χ0) is 19.1. The molecule has 0 saturated heterocycles. The van der Waals surface area contributed by atoms with Crippen LogP contribution in [0.25, 0.3) is 0 Å². The van der Waals surface area contributed by atoms with Crippen LogP contribution < -0.4 is 10.9 Å². The van der Waals surface area contributed by atoms with E-state index in [9.17, 15) is 14.0 Å². The zero-order valence-electron chi connectivity index (χ0n) is 14.1. The fourth-order valence-electron chi connectivity index (χ4n) is 2.18. The number of benzene rings is 2. The van der Waals surface area contributed by atoms with E-state index in [4.69, 9.17) is 0 Å². The van der Waals surface area contributed by atoms with Crippen molar-refractivity contribution >= 4 is 35.1 Å². The zero-order valence-corrected chi connectivity index (χ0v) is 15.8. The molecule has 1 aromatic heterocycles. The second-order valence-electron chi connectivity index (χ2n) is 5.46. The summed E-state index contributed by atoms with van der Waals surface area (Å²) in [5, 5.41) is 2.85. The second-order valence-corrected chi connectivity index (χ2v) is 7.47. The Morgan fingerprint density at radius 1 is 1.07 bits per heavy atom. The van der Waals surface area contributed by atoms with Gasteiger partial charge in [-0.25, -0.2) is 9.37 Å². The van der Waals surface area contributed by atoms with Crippen molar-refractivity contribution in [1.29, 1.82) is 0 Å². The fraction of sp³-hybridized carbons (Fsp3) is 0.105. The van der Waals surface area contributed by atoms with Gasteiger partial charge < -0.3 is 10.3 Å². The number of H-pyrrole nitrogens is 1. The van der Waals surface area contributed by atoms with Crippen molar-refractivity contribution in [2.75, 3.05) is 11.1 Å². The molecule has 0 fully saturated rings. The molecule has 0 saturated carbocycles. The monoisotopic (exact) mass is 401 g/mol. The van der Waals surface area contributed by atoms with Crippen LogP contribution >= 0.6 is 23.5 Å². The number of halogens is 1. The summed E-state index contributed by atoms with van der Waals surface area (Å²) in [7, 11) is 0. The molecule has 0 bridgehead atoms. The summed E-state index contributed by atoms with van der Waals surface area (Å²) in [6.45, 7) is 0. The summed E-state index contributed by atoms with van der Waals surface area (Å²) in [4.78, 5) is 31.9. The summed E-state index contributed by atoms with van der Waals surface area (Å²) in [6, 6.07) is 17.2. The van der Waals surface area contributed by atoms with E-state index in [-0.39, 0.29) is 22.9 Å². The predicted octanol–water partition coefficient (Wildman–Crippen LogP) is 3.93. The lowest BCUT2D eigenvalue weighted by Crippen LogP contribution is -2.16. The Morgan fingerprint density at radius 2 is 1.81 bits per heavy atom. The highest BCUT2D eigenvalue weighted by Gasteiger charge is 2.09. The molecule has 5 nitrogen and oxygen atoms in total. The summed E-state index contributed by atoms with van der Waals surface area (Å²) < 4.78 is 13.6. The smallest absolute Gasteiger partial charge is 0.251 e. The molecular formula is C19H16FN3O2S2. The third kappa shape index (κ3) is 5.97. The van der Waals surface area contributed by atoms with Crippen LogP contribution in [0.15, 0.2) is 75.5 Å². The highest BCUT2D eigenvalue weighted by atomic mass is 32.2. The molecule has 0 aliphatic rings. The first-order chi connectivity index (χ1) is 13.1. The largest absolute Gasteiger partial charge is 0.323 e. The summed E-state index contributed by atoms with van der Waals surface area (Å²) in [5.74, 6) is -0.325. The molecule has 2 N–H and O–H groups in total. The Kier molecular flexibility index (Phi) is 6.67. The molecule has 0 spiro atoms. The summed E-state index contributed by atoms with van der Waals surface area (Å²) in [5.41, 5.74) is 0.479. The Bertz CT molecular complexity index is 980. The molecular weight excluding hydrogens is 385 g/mol. The number of rotatable bonds is 7. The van der Waals surface area contributed by atoms with Crippen LogP contribution in [0.4, 0.5) is 10.1 Å². The van der Waals surface area contributed by atoms with Gasteiger partial charge in [-0.05, 0) is 24.3 Å². The van der Waals surface area contributed by atoms with Crippen molar-refractivity contribution in [3.63, 3.8) is 0 Å². The Hall–Kier alpha value is -2.58. The van der Waals surface area contributed by atoms with Gasteiger partial charge in [-0.15, -0.1) is 11.8 Å². The maximum atomic E-state index is 13.6. The van der Waals surface area contributed by atoms with Crippen molar-refractivity contribution in [3.8, 4) is 0 Å². The Balaban J connectivity index is 1.58. The lowest BCUT2D eigenvalue weighted by molar-refractivity contribution is -0.113. The number of thioether (sulfide) groups is 2. The van der Waals surface area contributed by atoms with E-state index in [1.54, 1.807) is 23.9 Å². The third-order valence-electron chi connectivity index (χ3n) is 3.39. The van der Waals surface area contributed by atoms with Gasteiger partial charge in [0.2, 0.25) is 5.91 Å². The first-order valence-corrected chi connectivity index (χ1v) is 10.0. The maximum absolute atomic E-state index is 13.6. The lowest BCUT2D eigenvalue weighted by Gasteiger charge is -2.06. The third-order valence-corrected chi connectivity index (χ3v) is 5.31. The molecule has 8 heteroatoms. The highest BCUT2D eigenvalue weighted by Crippen LogP contribution is 2.22. The van der Waals surface area contributed by atoms with Gasteiger partial charge in [0.15, 0.2) is 5.16 Å². The predicted molar refractivity (Wildman–Crippen MR) is 107 cm³/mol. The number of para-hydroxylation sites is 1. The van der Waals surface area contributed by atoms with Crippen molar-refractivity contribution in [2.24, 2.45) is 0 Å². The number of nitrogens with one attached hydrogen (secondary N) is 2. The van der Waals surface area contributed by atoms with Crippen molar-refractivity contribution in [3.05, 3.63) is 82.5 Å². The number of anilines is 1. The van der Waals surface area contributed by atoms with Crippen molar-refractivity contribution in [2.45, 2.75) is 15.8 Å². The van der Waals surface area contributed by atoms with E-state index in [1.165, 1.54) is 18.2 Å². The molecule has 0 aliphatic carbocycles. The Morgan fingerprint density at radius 3 is 2.59 bits per heavy atom. The summed E-state index contributed by atoms with van der Waals surface area (Å²) >= 11 is 2.67. The molecule has 138 valence electrons. The van der Waals surface area contributed by atoms with E-state index in [0.717, 1.165) is 16.7 Å². The van der Waals surface area contributed by atoms with Gasteiger partial charge in [0.25, 0.3) is 5.56 Å². The molecule has 2 aromatic carbocycles. The normalized spacial score (nSPS) is 10.6. The van der Waals surface area contributed by atoms with Crippen LogP contribution in [-0.2, 0) is 10.5 Å². The van der Waals surface area contributed by atoms with E-state index >= 15 is 0 Å². The lowest BCUT2D eigenvalue weighted by atomic mass is 10.3. The van der Waals surface area contributed by atoms with Crippen LogP contribution in [0, 0.1) is 5.82 Å². The first kappa shape index (κ1) is 19.2. The average molecular weight is 401 g/mol. The van der Waals surface area contributed by atoms with Gasteiger partial charge in [-0.3, -0.25) is 9.59 Å². The van der Waals surface area contributed by atoms with Crippen molar-refractivity contribution in [1.82, 2.24) is 9.97 Å². The quantitative estimate of drug-likeness (QED) is 0.463. The maximum Gasteiger partial charge on any atom is 0.251 e. The standard InChI is InChI=1S/C19H16FN3O2S2/c20-15-8-4-5-9-16(15)22-18(25)12-27-19-21-13(10-17(24)23-19)11-26-14-6-2-1-3-7-14/h1-10H,11-12H2,(H,22,25)(H,21,23,24). The van der Waals surface area contributed by atoms with E-state index in [2.05, 4.69) is 15.3 Å². The van der Waals surface area contributed by atoms with E-state index < -0.39 is 5.82 Å². The minimum Gasteiger partial charge on any atom is -0.323 e. The van der Waals surface area contributed by atoms with E-state index in [0.29, 0.717) is 16.6 Å². The van der Waals surface area contributed by atoms with Crippen LogP contribution in [0.2, 0.25) is 0 Å². The molecule has 3 rings (SSSR count). The molecule has 0 atom stereocenters. The molecule has 0 unspecified atom stereocenters.